The van der Waals surface area contributed by atoms with Gasteiger partial charge in [-0.05, 0) is 24.3 Å². The minimum absolute atomic E-state index is 0.0702. The number of hydrogen-bond acceptors (Lipinski definition) is 5. The molecule has 1 aliphatic heterocycles. The van der Waals surface area contributed by atoms with E-state index in [1.807, 2.05) is 36.4 Å². The molecule has 3 rings (SSSR count). The smallest absolute Gasteiger partial charge is 0.292 e. The normalized spacial score (nSPS) is 14.6. The Morgan fingerprint density at radius 1 is 1.09 bits per heavy atom. The Morgan fingerprint density at radius 3 is 2.50 bits per heavy atom. The standard InChI is InChI=1S/C16H17N3O3/c20-19(21)16-7-6-14(18-8-10-22-11-9-18)12-15(16)17-13-4-2-1-3-5-13/h1-7,12,17H,8-11H2. The van der Waals surface area contributed by atoms with Crippen molar-refractivity contribution in [1.82, 2.24) is 0 Å². The molecule has 0 aromatic heterocycles. The van der Waals surface area contributed by atoms with E-state index in [1.165, 1.54) is 0 Å². The van der Waals surface area contributed by atoms with Crippen LogP contribution in [0.2, 0.25) is 0 Å². The fourth-order valence-electron chi connectivity index (χ4n) is 2.48. The van der Waals surface area contributed by atoms with E-state index in [2.05, 4.69) is 10.2 Å². The maximum Gasteiger partial charge on any atom is 0.292 e. The van der Waals surface area contributed by atoms with Crippen molar-refractivity contribution in [3.63, 3.8) is 0 Å². The summed E-state index contributed by atoms with van der Waals surface area (Å²) < 4.78 is 5.34. The van der Waals surface area contributed by atoms with Crippen molar-refractivity contribution in [3.8, 4) is 0 Å². The summed E-state index contributed by atoms with van der Waals surface area (Å²) in [5.74, 6) is 0. The minimum Gasteiger partial charge on any atom is -0.378 e. The molecule has 1 aliphatic rings. The second kappa shape index (κ2) is 6.44. The average molecular weight is 299 g/mol. The van der Waals surface area contributed by atoms with Crippen molar-refractivity contribution in [2.45, 2.75) is 0 Å². The average Bonchev–Trinajstić information content (AvgIpc) is 2.56. The van der Waals surface area contributed by atoms with Crippen LogP contribution in [0.4, 0.5) is 22.7 Å². The number of anilines is 3. The first-order valence-corrected chi connectivity index (χ1v) is 7.17. The van der Waals surface area contributed by atoms with Gasteiger partial charge in [0.15, 0.2) is 0 Å². The molecule has 1 N–H and O–H groups in total. The lowest BCUT2D eigenvalue weighted by Gasteiger charge is -2.29. The predicted molar refractivity (Wildman–Crippen MR) is 85.9 cm³/mol. The van der Waals surface area contributed by atoms with Crippen molar-refractivity contribution in [3.05, 3.63) is 58.6 Å². The first-order chi connectivity index (χ1) is 10.7. The Morgan fingerprint density at radius 2 is 1.82 bits per heavy atom. The number of morpholine rings is 1. The fraction of sp³-hybridized carbons (Fsp3) is 0.250. The Bertz CT molecular complexity index is 655. The van der Waals surface area contributed by atoms with Gasteiger partial charge in [-0.3, -0.25) is 10.1 Å². The molecule has 1 heterocycles. The van der Waals surface area contributed by atoms with E-state index in [9.17, 15) is 10.1 Å². The molecule has 0 spiro atoms. The Labute approximate surface area is 128 Å². The maximum atomic E-state index is 11.2. The van der Waals surface area contributed by atoms with E-state index >= 15 is 0 Å². The van der Waals surface area contributed by atoms with Crippen LogP contribution in [0, 0.1) is 10.1 Å². The highest BCUT2D eigenvalue weighted by molar-refractivity contribution is 5.74. The molecule has 0 atom stereocenters. The SMILES string of the molecule is O=[N+]([O-])c1ccc(N2CCOCC2)cc1Nc1ccccc1. The number of nitrogens with zero attached hydrogens (tertiary/aromatic N) is 2. The Balaban J connectivity index is 1.92. The summed E-state index contributed by atoms with van der Waals surface area (Å²) in [6.07, 6.45) is 0. The van der Waals surface area contributed by atoms with Crippen LogP contribution in [0.25, 0.3) is 0 Å². The number of benzene rings is 2. The highest BCUT2D eigenvalue weighted by Crippen LogP contribution is 2.32. The molecule has 0 bridgehead atoms. The molecule has 1 saturated heterocycles. The lowest BCUT2D eigenvalue weighted by Crippen LogP contribution is -2.36. The van der Waals surface area contributed by atoms with Gasteiger partial charge >= 0.3 is 0 Å². The molecular weight excluding hydrogens is 282 g/mol. The van der Waals surface area contributed by atoms with E-state index in [0.29, 0.717) is 18.9 Å². The number of hydrogen-bond donors (Lipinski definition) is 1. The van der Waals surface area contributed by atoms with Crippen molar-refractivity contribution in [1.29, 1.82) is 0 Å². The highest BCUT2D eigenvalue weighted by atomic mass is 16.6. The second-order valence-corrected chi connectivity index (χ2v) is 5.05. The maximum absolute atomic E-state index is 11.2. The molecule has 1 fully saturated rings. The summed E-state index contributed by atoms with van der Waals surface area (Å²) in [6.45, 7) is 2.95. The van der Waals surface area contributed by atoms with Gasteiger partial charge in [-0.1, -0.05) is 18.2 Å². The van der Waals surface area contributed by atoms with E-state index in [4.69, 9.17) is 4.74 Å². The number of rotatable bonds is 4. The molecule has 0 aliphatic carbocycles. The number of nitrogens with one attached hydrogen (secondary N) is 1. The quantitative estimate of drug-likeness (QED) is 0.693. The minimum atomic E-state index is -0.367. The largest absolute Gasteiger partial charge is 0.378 e. The Hall–Kier alpha value is -2.60. The van der Waals surface area contributed by atoms with Gasteiger partial charge in [0.25, 0.3) is 5.69 Å². The first kappa shape index (κ1) is 14.3. The van der Waals surface area contributed by atoms with Crippen LogP contribution >= 0.6 is 0 Å². The molecular formula is C16H17N3O3. The molecule has 0 radical (unpaired) electrons. The molecule has 0 amide bonds. The highest BCUT2D eigenvalue weighted by Gasteiger charge is 2.18. The summed E-state index contributed by atoms with van der Waals surface area (Å²) in [7, 11) is 0. The molecule has 2 aromatic carbocycles. The lowest BCUT2D eigenvalue weighted by molar-refractivity contribution is -0.383. The molecule has 0 saturated carbocycles. The van der Waals surface area contributed by atoms with Crippen LogP contribution in [0.5, 0.6) is 0 Å². The zero-order valence-corrected chi connectivity index (χ0v) is 12.1. The molecule has 114 valence electrons. The molecule has 0 unspecified atom stereocenters. The first-order valence-electron chi connectivity index (χ1n) is 7.17. The summed E-state index contributed by atoms with van der Waals surface area (Å²) in [5, 5.41) is 14.4. The summed E-state index contributed by atoms with van der Waals surface area (Å²) in [5.41, 5.74) is 2.36. The van der Waals surface area contributed by atoms with Crippen molar-refractivity contribution in [2.24, 2.45) is 0 Å². The third kappa shape index (κ3) is 3.17. The summed E-state index contributed by atoms with van der Waals surface area (Å²) in [6, 6.07) is 14.6. The van der Waals surface area contributed by atoms with Gasteiger partial charge in [-0.2, -0.15) is 0 Å². The van der Waals surface area contributed by atoms with Crippen molar-refractivity contribution < 1.29 is 9.66 Å². The fourth-order valence-corrected chi connectivity index (χ4v) is 2.48. The van der Waals surface area contributed by atoms with E-state index in [1.54, 1.807) is 12.1 Å². The third-order valence-electron chi connectivity index (χ3n) is 3.61. The molecule has 6 nitrogen and oxygen atoms in total. The van der Waals surface area contributed by atoms with Gasteiger partial charge in [0.05, 0.1) is 18.1 Å². The van der Waals surface area contributed by atoms with Crippen molar-refractivity contribution in [2.75, 3.05) is 36.5 Å². The van der Waals surface area contributed by atoms with Crippen LogP contribution in [-0.4, -0.2) is 31.2 Å². The number of nitro groups is 1. The number of para-hydroxylation sites is 1. The topological polar surface area (TPSA) is 67.6 Å². The predicted octanol–water partition coefficient (Wildman–Crippen LogP) is 3.18. The summed E-state index contributed by atoms with van der Waals surface area (Å²) in [4.78, 5) is 13.0. The second-order valence-electron chi connectivity index (χ2n) is 5.05. The number of ether oxygens (including phenoxy) is 1. The summed E-state index contributed by atoms with van der Waals surface area (Å²) >= 11 is 0. The third-order valence-corrected chi connectivity index (χ3v) is 3.61. The van der Waals surface area contributed by atoms with Gasteiger partial charge in [0.2, 0.25) is 0 Å². The van der Waals surface area contributed by atoms with Crippen LogP contribution in [0.15, 0.2) is 48.5 Å². The monoisotopic (exact) mass is 299 g/mol. The van der Waals surface area contributed by atoms with Gasteiger partial charge < -0.3 is 15.0 Å². The zero-order chi connectivity index (χ0) is 15.4. The van der Waals surface area contributed by atoms with Gasteiger partial charge in [0.1, 0.15) is 5.69 Å². The van der Waals surface area contributed by atoms with Crippen LogP contribution in [-0.2, 0) is 4.74 Å². The van der Waals surface area contributed by atoms with Crippen LogP contribution in [0.3, 0.4) is 0 Å². The van der Waals surface area contributed by atoms with Crippen LogP contribution in [0.1, 0.15) is 0 Å². The zero-order valence-electron chi connectivity index (χ0n) is 12.1. The van der Waals surface area contributed by atoms with Gasteiger partial charge in [-0.15, -0.1) is 0 Å². The molecule has 2 aromatic rings. The molecule has 6 heteroatoms. The van der Waals surface area contributed by atoms with E-state index < -0.39 is 0 Å². The van der Waals surface area contributed by atoms with Gasteiger partial charge in [0, 0.05) is 30.5 Å². The Kier molecular flexibility index (Phi) is 4.20. The van der Waals surface area contributed by atoms with Gasteiger partial charge in [-0.25, -0.2) is 0 Å². The van der Waals surface area contributed by atoms with Crippen molar-refractivity contribution >= 4 is 22.7 Å². The lowest BCUT2D eigenvalue weighted by atomic mass is 10.2. The van der Waals surface area contributed by atoms with E-state index in [0.717, 1.165) is 24.5 Å². The van der Waals surface area contributed by atoms with E-state index in [-0.39, 0.29) is 10.6 Å². The molecule has 22 heavy (non-hydrogen) atoms. The van der Waals surface area contributed by atoms with Crippen LogP contribution < -0.4 is 10.2 Å². The number of nitro benzene ring substituents is 1.